The summed E-state index contributed by atoms with van der Waals surface area (Å²) in [6, 6.07) is 0. The molecule has 53 heavy (non-hydrogen) atoms. The van der Waals surface area contributed by atoms with Crippen LogP contribution in [0.25, 0.3) is 0 Å². The summed E-state index contributed by atoms with van der Waals surface area (Å²) >= 11 is 0. The maximum atomic E-state index is 12.0. The van der Waals surface area contributed by atoms with E-state index >= 15 is 0 Å². The lowest BCUT2D eigenvalue weighted by Gasteiger charge is -2.27. The van der Waals surface area contributed by atoms with Gasteiger partial charge in [-0.3, -0.25) is 19.2 Å². The summed E-state index contributed by atoms with van der Waals surface area (Å²) in [6.07, 6.45) is 26.4. The second kappa shape index (κ2) is 25.8. The Hall–Kier alpha value is -2.26. The average Bonchev–Trinajstić information content (AvgIpc) is 3.85. The van der Waals surface area contributed by atoms with Crippen LogP contribution in [-0.2, 0) is 42.9 Å². The molecular formula is C44H74O9. The van der Waals surface area contributed by atoms with Gasteiger partial charge in [0, 0.05) is 27.2 Å². The maximum Gasteiger partial charge on any atom is 0.302 e. The van der Waals surface area contributed by atoms with E-state index in [0.29, 0.717) is 24.5 Å². The van der Waals surface area contributed by atoms with Crippen molar-refractivity contribution in [2.45, 2.75) is 238 Å². The van der Waals surface area contributed by atoms with E-state index in [0.717, 1.165) is 102 Å². The molecule has 2 aliphatic heterocycles. The number of esters is 3. The number of carbonyl (C=O) groups is 4. The summed E-state index contributed by atoms with van der Waals surface area (Å²) in [5, 5.41) is 0. The summed E-state index contributed by atoms with van der Waals surface area (Å²) < 4.78 is 30.2. The number of carbonyl (C=O) groups excluding carboxylic acids is 4. The Bertz CT molecular complexity index is 1120. The van der Waals surface area contributed by atoms with Gasteiger partial charge in [0.15, 0.2) is 5.78 Å². The molecule has 0 aromatic carbocycles. The highest BCUT2D eigenvalue weighted by Crippen LogP contribution is 2.36. The molecule has 9 nitrogen and oxygen atoms in total. The number of hydrogen-bond acceptors (Lipinski definition) is 9. The van der Waals surface area contributed by atoms with E-state index < -0.39 is 0 Å². The number of hydrogen-bond donors (Lipinski definition) is 0. The zero-order valence-electron chi connectivity index (χ0n) is 34.0. The van der Waals surface area contributed by atoms with E-state index in [1.807, 2.05) is 0 Å². The Morgan fingerprint density at radius 3 is 1.57 bits per heavy atom. The molecule has 1 aliphatic carbocycles. The third kappa shape index (κ3) is 18.3. The van der Waals surface area contributed by atoms with Crippen molar-refractivity contribution in [3.8, 4) is 0 Å². The fourth-order valence-electron chi connectivity index (χ4n) is 8.60. The van der Waals surface area contributed by atoms with E-state index in [1.165, 1.54) is 72.1 Å². The van der Waals surface area contributed by atoms with Gasteiger partial charge in [0.2, 0.25) is 0 Å². The van der Waals surface area contributed by atoms with Gasteiger partial charge in [-0.05, 0) is 95.0 Å². The van der Waals surface area contributed by atoms with Crippen molar-refractivity contribution < 1.29 is 42.9 Å². The molecule has 8 atom stereocenters. The number of Topliss-reactive ketones (excluding diaryl/α,β-unsaturated/α-hetero) is 1. The van der Waals surface area contributed by atoms with Crippen LogP contribution in [0.5, 0.6) is 0 Å². The predicted molar refractivity (Wildman–Crippen MR) is 207 cm³/mol. The van der Waals surface area contributed by atoms with Crippen molar-refractivity contribution in [2.24, 2.45) is 5.92 Å². The molecule has 2 saturated heterocycles. The fraction of sp³-hybridized carbons (Fsp3) is 0.864. The van der Waals surface area contributed by atoms with Gasteiger partial charge < -0.3 is 23.7 Å². The molecule has 0 saturated carbocycles. The zero-order valence-corrected chi connectivity index (χ0v) is 34.0. The van der Waals surface area contributed by atoms with E-state index in [-0.39, 0.29) is 60.6 Å². The summed E-state index contributed by atoms with van der Waals surface area (Å²) in [4.78, 5) is 47.7. The smallest absolute Gasteiger partial charge is 0.302 e. The van der Waals surface area contributed by atoms with Crippen LogP contribution >= 0.6 is 0 Å². The first-order chi connectivity index (χ1) is 25.5. The van der Waals surface area contributed by atoms with Gasteiger partial charge in [-0.15, -0.1) is 0 Å². The van der Waals surface area contributed by atoms with Gasteiger partial charge in [0.25, 0.3) is 0 Å². The van der Waals surface area contributed by atoms with Crippen molar-refractivity contribution in [3.63, 3.8) is 0 Å². The van der Waals surface area contributed by atoms with Crippen LogP contribution in [0.1, 0.15) is 195 Å². The van der Waals surface area contributed by atoms with Gasteiger partial charge in [0.1, 0.15) is 18.3 Å². The van der Waals surface area contributed by atoms with Crippen LogP contribution in [-0.4, -0.2) is 66.4 Å². The average molecular weight is 747 g/mol. The topological polar surface area (TPSA) is 114 Å². The molecule has 0 amide bonds. The van der Waals surface area contributed by atoms with Gasteiger partial charge in [-0.1, -0.05) is 90.6 Å². The molecule has 0 bridgehead atoms. The van der Waals surface area contributed by atoms with Crippen LogP contribution in [0, 0.1) is 5.92 Å². The first-order valence-corrected chi connectivity index (χ1v) is 21.6. The van der Waals surface area contributed by atoms with Crippen molar-refractivity contribution >= 4 is 23.7 Å². The second-order valence-corrected chi connectivity index (χ2v) is 16.3. The minimum absolute atomic E-state index is 0.0662. The largest absolute Gasteiger partial charge is 0.463 e. The first kappa shape index (κ1) is 45.1. The lowest BCUT2D eigenvalue weighted by atomic mass is 9.99. The Morgan fingerprint density at radius 2 is 1.08 bits per heavy atom. The molecule has 8 unspecified atom stereocenters. The summed E-state index contributed by atoms with van der Waals surface area (Å²) in [5.74, 6) is -0.0333. The van der Waals surface area contributed by atoms with Crippen molar-refractivity contribution in [1.29, 1.82) is 0 Å². The zero-order chi connectivity index (χ0) is 38.4. The molecule has 2 fully saturated rings. The molecule has 9 heteroatoms. The quantitative estimate of drug-likeness (QED) is 0.0438. The standard InChI is InChI=1S/C44H74O9/c1-6-7-8-18-22-37(49-33(3)45)23-20-25-40(51-35(5)47)42-27-29-44(53-42)43-28-26-41(52-43)39(50-34(4)46)24-19-16-14-12-10-9-11-13-15-17-21-36-30-32(2)31-38(36)48/h30,32,37,39-44H,6-29,31H2,1-5H3. The normalized spacial score (nSPS) is 24.5. The maximum absolute atomic E-state index is 12.0. The number of rotatable bonds is 28. The second-order valence-electron chi connectivity index (χ2n) is 16.3. The molecule has 0 N–H and O–H groups in total. The SMILES string of the molecule is CCCCCCC(CCCC(OC(C)=O)C1CCC(C2CCC(C(CCCCCCCCCCCCC3=CC(C)CC3=O)OC(C)=O)O2)O1)OC(C)=O. The Balaban J connectivity index is 1.32. The number of ketones is 1. The van der Waals surface area contributed by atoms with Gasteiger partial charge in [-0.25, -0.2) is 0 Å². The molecular weight excluding hydrogens is 672 g/mol. The highest BCUT2D eigenvalue weighted by atomic mass is 16.6. The van der Waals surface area contributed by atoms with Crippen LogP contribution in [0.2, 0.25) is 0 Å². The monoisotopic (exact) mass is 747 g/mol. The molecule has 2 heterocycles. The summed E-state index contributed by atoms with van der Waals surface area (Å²) in [7, 11) is 0. The highest BCUT2D eigenvalue weighted by Gasteiger charge is 2.42. The lowest BCUT2D eigenvalue weighted by molar-refractivity contribution is -0.164. The Morgan fingerprint density at radius 1 is 0.623 bits per heavy atom. The van der Waals surface area contributed by atoms with Crippen molar-refractivity contribution in [1.82, 2.24) is 0 Å². The van der Waals surface area contributed by atoms with E-state index in [1.54, 1.807) is 0 Å². The van der Waals surface area contributed by atoms with Gasteiger partial charge in [-0.2, -0.15) is 0 Å². The minimum atomic E-state index is -0.344. The van der Waals surface area contributed by atoms with E-state index in [9.17, 15) is 19.2 Å². The van der Waals surface area contributed by atoms with Gasteiger partial charge >= 0.3 is 17.9 Å². The van der Waals surface area contributed by atoms with E-state index in [2.05, 4.69) is 19.9 Å². The first-order valence-electron chi connectivity index (χ1n) is 21.6. The molecule has 0 radical (unpaired) electrons. The van der Waals surface area contributed by atoms with Crippen LogP contribution in [0.4, 0.5) is 0 Å². The number of ether oxygens (including phenoxy) is 5. The molecule has 304 valence electrons. The van der Waals surface area contributed by atoms with E-state index in [4.69, 9.17) is 23.7 Å². The van der Waals surface area contributed by atoms with Crippen LogP contribution in [0.15, 0.2) is 11.6 Å². The Labute approximate surface area is 321 Å². The predicted octanol–water partition coefficient (Wildman–Crippen LogP) is 10.2. The molecule has 0 spiro atoms. The molecule has 0 aromatic heterocycles. The third-order valence-electron chi connectivity index (χ3n) is 11.3. The van der Waals surface area contributed by atoms with Crippen molar-refractivity contribution in [3.05, 3.63) is 11.6 Å². The van der Waals surface area contributed by atoms with Gasteiger partial charge in [0.05, 0.1) is 24.4 Å². The number of allylic oxidation sites excluding steroid dienone is 2. The molecule has 3 rings (SSSR count). The summed E-state index contributed by atoms with van der Waals surface area (Å²) in [5.41, 5.74) is 1.07. The number of unbranched alkanes of at least 4 members (excludes halogenated alkanes) is 12. The Kier molecular flexibility index (Phi) is 21.9. The summed E-state index contributed by atoms with van der Waals surface area (Å²) in [6.45, 7) is 8.70. The van der Waals surface area contributed by atoms with Crippen molar-refractivity contribution in [2.75, 3.05) is 0 Å². The minimum Gasteiger partial charge on any atom is -0.463 e. The van der Waals surface area contributed by atoms with Crippen LogP contribution < -0.4 is 0 Å². The molecule has 3 aliphatic rings. The fourth-order valence-corrected chi connectivity index (χ4v) is 8.60. The molecule has 0 aromatic rings. The lowest BCUT2D eigenvalue weighted by Crippen LogP contribution is -2.35. The highest BCUT2D eigenvalue weighted by molar-refractivity contribution is 5.97. The van der Waals surface area contributed by atoms with Crippen LogP contribution in [0.3, 0.4) is 0 Å². The third-order valence-corrected chi connectivity index (χ3v) is 11.3.